The average molecular weight is 404 g/mol. The monoisotopic (exact) mass is 404 g/mol. The molecule has 2 aliphatic rings. The van der Waals surface area contributed by atoms with E-state index in [9.17, 15) is 14.0 Å². The van der Waals surface area contributed by atoms with Crippen molar-refractivity contribution < 1.29 is 14.0 Å². The van der Waals surface area contributed by atoms with Crippen molar-refractivity contribution >= 4 is 28.4 Å². The molecule has 2 heterocycles. The van der Waals surface area contributed by atoms with Crippen LogP contribution in [-0.2, 0) is 4.79 Å². The SMILES string of the molecule is Nc1ncc(C(=O)NC2CN(C(=O)C3CC3)C2)c2ccc(-c3cccc(F)c3)cc12. The minimum Gasteiger partial charge on any atom is -0.383 e. The minimum absolute atomic E-state index is 0.0561. The number of pyridine rings is 1. The summed E-state index contributed by atoms with van der Waals surface area (Å²) in [6.45, 7) is 1.09. The Morgan fingerprint density at radius 2 is 1.83 bits per heavy atom. The molecule has 3 N–H and O–H groups in total. The van der Waals surface area contributed by atoms with E-state index in [4.69, 9.17) is 5.73 Å². The van der Waals surface area contributed by atoms with Crippen molar-refractivity contribution in [1.29, 1.82) is 0 Å². The third-order valence-electron chi connectivity index (χ3n) is 5.78. The highest BCUT2D eigenvalue weighted by Gasteiger charge is 2.39. The number of aromatic nitrogens is 1. The molecule has 0 radical (unpaired) electrons. The van der Waals surface area contributed by atoms with Gasteiger partial charge in [0.2, 0.25) is 5.91 Å². The quantitative estimate of drug-likeness (QED) is 0.700. The minimum atomic E-state index is -0.318. The second-order valence-corrected chi connectivity index (χ2v) is 8.02. The summed E-state index contributed by atoms with van der Waals surface area (Å²) in [5, 5.41) is 4.31. The topological polar surface area (TPSA) is 88.3 Å². The van der Waals surface area contributed by atoms with Gasteiger partial charge in [-0.1, -0.05) is 24.3 Å². The number of carbonyl (C=O) groups excluding carboxylic acids is 2. The molecule has 0 bridgehead atoms. The van der Waals surface area contributed by atoms with Crippen LogP contribution in [0.2, 0.25) is 0 Å². The number of rotatable bonds is 4. The van der Waals surface area contributed by atoms with E-state index in [1.165, 1.54) is 18.3 Å². The molecule has 0 atom stereocenters. The van der Waals surface area contributed by atoms with Gasteiger partial charge in [0.05, 0.1) is 11.6 Å². The van der Waals surface area contributed by atoms with Gasteiger partial charge in [0.1, 0.15) is 11.6 Å². The van der Waals surface area contributed by atoms with Crippen molar-refractivity contribution in [2.75, 3.05) is 18.8 Å². The Labute approximate surface area is 172 Å². The van der Waals surface area contributed by atoms with Crippen LogP contribution in [0.15, 0.2) is 48.7 Å². The lowest BCUT2D eigenvalue weighted by molar-refractivity contribution is -0.137. The number of carbonyl (C=O) groups is 2. The molecule has 5 rings (SSSR count). The molecule has 3 aromatic rings. The van der Waals surface area contributed by atoms with Gasteiger partial charge in [0.15, 0.2) is 0 Å². The van der Waals surface area contributed by atoms with E-state index in [0.29, 0.717) is 35.2 Å². The summed E-state index contributed by atoms with van der Waals surface area (Å²) >= 11 is 0. The molecule has 0 unspecified atom stereocenters. The van der Waals surface area contributed by atoms with Crippen molar-refractivity contribution in [3.63, 3.8) is 0 Å². The number of anilines is 1. The van der Waals surface area contributed by atoms with Gasteiger partial charge < -0.3 is 16.0 Å². The lowest BCUT2D eigenvalue weighted by Gasteiger charge is -2.39. The molecule has 0 spiro atoms. The van der Waals surface area contributed by atoms with Crippen LogP contribution >= 0.6 is 0 Å². The van der Waals surface area contributed by atoms with E-state index in [2.05, 4.69) is 10.3 Å². The zero-order valence-electron chi connectivity index (χ0n) is 16.3. The van der Waals surface area contributed by atoms with E-state index in [1.807, 2.05) is 24.3 Å². The number of hydrogen-bond donors (Lipinski definition) is 2. The molecule has 2 aromatic carbocycles. The molecular weight excluding hydrogens is 383 g/mol. The summed E-state index contributed by atoms with van der Waals surface area (Å²) in [5.74, 6) is 0.143. The molecule has 1 aromatic heterocycles. The zero-order valence-corrected chi connectivity index (χ0v) is 16.3. The van der Waals surface area contributed by atoms with Crippen LogP contribution in [0.3, 0.4) is 0 Å². The van der Waals surface area contributed by atoms with Gasteiger partial charge in [-0.25, -0.2) is 9.37 Å². The first-order valence-electron chi connectivity index (χ1n) is 10.0. The van der Waals surface area contributed by atoms with Gasteiger partial charge in [-0.05, 0) is 47.6 Å². The van der Waals surface area contributed by atoms with Gasteiger partial charge >= 0.3 is 0 Å². The van der Waals surface area contributed by atoms with Gasteiger partial charge in [0.25, 0.3) is 5.91 Å². The number of benzene rings is 2. The number of halogens is 1. The number of amides is 2. The molecule has 1 aliphatic heterocycles. The van der Waals surface area contributed by atoms with Crippen LogP contribution in [0.1, 0.15) is 23.2 Å². The maximum Gasteiger partial charge on any atom is 0.253 e. The Morgan fingerprint density at radius 1 is 1.07 bits per heavy atom. The van der Waals surface area contributed by atoms with Crippen LogP contribution in [0.5, 0.6) is 0 Å². The second kappa shape index (κ2) is 7.09. The Morgan fingerprint density at radius 3 is 2.57 bits per heavy atom. The molecule has 1 saturated carbocycles. The number of likely N-dealkylation sites (tertiary alicyclic amines) is 1. The first kappa shape index (κ1) is 18.5. The predicted octanol–water partition coefficient (Wildman–Crippen LogP) is 2.97. The first-order chi connectivity index (χ1) is 14.5. The molecule has 152 valence electrons. The smallest absolute Gasteiger partial charge is 0.253 e. The van der Waals surface area contributed by atoms with E-state index in [-0.39, 0.29) is 29.6 Å². The molecule has 2 fully saturated rings. The molecule has 7 heteroatoms. The Kier molecular flexibility index (Phi) is 4.38. The van der Waals surface area contributed by atoms with Crippen molar-refractivity contribution in [2.24, 2.45) is 5.92 Å². The van der Waals surface area contributed by atoms with E-state index < -0.39 is 0 Å². The van der Waals surface area contributed by atoms with Gasteiger partial charge in [-0.15, -0.1) is 0 Å². The molecule has 30 heavy (non-hydrogen) atoms. The normalized spacial score (nSPS) is 16.4. The average Bonchev–Trinajstić information content (AvgIpc) is 3.55. The summed E-state index contributed by atoms with van der Waals surface area (Å²) < 4.78 is 13.6. The van der Waals surface area contributed by atoms with Gasteiger partial charge in [0, 0.05) is 30.6 Å². The van der Waals surface area contributed by atoms with Gasteiger partial charge in [-0.2, -0.15) is 0 Å². The second-order valence-electron chi connectivity index (χ2n) is 8.02. The number of hydrogen-bond acceptors (Lipinski definition) is 4. The van der Waals surface area contributed by atoms with Crippen molar-refractivity contribution in [3.05, 3.63) is 60.0 Å². The standard InChI is InChI=1S/C23H21FN4O2/c24-16-3-1-2-14(8-16)15-6-7-18-19(9-15)21(25)26-10-20(18)22(29)27-17-11-28(12-17)23(30)13-4-5-13/h1-3,6-10,13,17H,4-5,11-12H2,(H2,25,26)(H,27,29). The van der Waals surface area contributed by atoms with Crippen LogP contribution in [0.4, 0.5) is 10.2 Å². The predicted molar refractivity (Wildman–Crippen MR) is 112 cm³/mol. The van der Waals surface area contributed by atoms with Crippen LogP contribution < -0.4 is 11.1 Å². The highest BCUT2D eigenvalue weighted by molar-refractivity contribution is 6.10. The summed E-state index contributed by atoms with van der Waals surface area (Å²) in [6, 6.07) is 11.7. The van der Waals surface area contributed by atoms with E-state index in [0.717, 1.165) is 24.0 Å². The molecule has 1 saturated heterocycles. The first-order valence-corrected chi connectivity index (χ1v) is 10.0. The van der Waals surface area contributed by atoms with Crippen molar-refractivity contribution in [2.45, 2.75) is 18.9 Å². The summed E-state index contributed by atoms with van der Waals surface area (Å²) in [5.41, 5.74) is 8.01. The maximum absolute atomic E-state index is 13.6. The van der Waals surface area contributed by atoms with E-state index >= 15 is 0 Å². The third-order valence-corrected chi connectivity index (χ3v) is 5.78. The van der Waals surface area contributed by atoms with Crippen molar-refractivity contribution in [1.82, 2.24) is 15.2 Å². The Bertz CT molecular complexity index is 1170. The van der Waals surface area contributed by atoms with Crippen LogP contribution in [0, 0.1) is 11.7 Å². The summed E-state index contributed by atoms with van der Waals surface area (Å²) in [7, 11) is 0. The number of fused-ring (bicyclic) bond motifs is 1. The molecule has 6 nitrogen and oxygen atoms in total. The number of nitrogens with one attached hydrogen (secondary N) is 1. The summed E-state index contributed by atoms with van der Waals surface area (Å²) in [6.07, 6.45) is 3.43. The van der Waals surface area contributed by atoms with Crippen LogP contribution in [0.25, 0.3) is 21.9 Å². The fourth-order valence-electron chi connectivity index (χ4n) is 3.89. The number of nitrogen functional groups attached to an aromatic ring is 1. The Balaban J connectivity index is 1.37. The van der Waals surface area contributed by atoms with Crippen molar-refractivity contribution in [3.8, 4) is 11.1 Å². The fourth-order valence-corrected chi connectivity index (χ4v) is 3.89. The molecule has 2 amide bonds. The summed E-state index contributed by atoms with van der Waals surface area (Å²) in [4.78, 5) is 30.9. The highest BCUT2D eigenvalue weighted by atomic mass is 19.1. The lowest BCUT2D eigenvalue weighted by Crippen LogP contribution is -2.61. The maximum atomic E-state index is 13.6. The number of nitrogens with zero attached hydrogens (tertiary/aromatic N) is 2. The van der Waals surface area contributed by atoms with Gasteiger partial charge in [-0.3, -0.25) is 9.59 Å². The molecule has 1 aliphatic carbocycles. The molecular formula is C23H21FN4O2. The largest absolute Gasteiger partial charge is 0.383 e. The Hall–Kier alpha value is -3.48. The number of nitrogens with two attached hydrogens (primary N) is 1. The highest BCUT2D eigenvalue weighted by Crippen LogP contribution is 2.33. The fraction of sp³-hybridized carbons (Fsp3) is 0.261. The third kappa shape index (κ3) is 3.36. The zero-order chi connectivity index (χ0) is 20.8. The van der Waals surface area contributed by atoms with Crippen LogP contribution in [-0.4, -0.2) is 40.8 Å². The lowest BCUT2D eigenvalue weighted by atomic mass is 9.99. The van der Waals surface area contributed by atoms with E-state index in [1.54, 1.807) is 11.0 Å².